The fourth-order valence-electron chi connectivity index (χ4n) is 2.93. The summed E-state index contributed by atoms with van der Waals surface area (Å²) in [5.74, 6) is -0.629. The second kappa shape index (κ2) is 6.39. The van der Waals surface area contributed by atoms with Crippen LogP contribution in [0.25, 0.3) is 0 Å². The summed E-state index contributed by atoms with van der Waals surface area (Å²) in [4.78, 5) is 24.5. The van der Waals surface area contributed by atoms with E-state index in [0.29, 0.717) is 4.47 Å². The average molecular weight is 399 g/mol. The van der Waals surface area contributed by atoms with Gasteiger partial charge in [0.25, 0.3) is 0 Å². The number of amides is 1. The number of anilines is 1. The fourth-order valence-corrected chi connectivity index (χ4v) is 3.14. The molecule has 2 aromatic rings. The van der Waals surface area contributed by atoms with E-state index < -0.39 is 23.5 Å². The molecule has 1 fully saturated rings. The number of carboxylic acid groups (broad SMARTS) is 1. The molecule has 24 heavy (non-hydrogen) atoms. The third kappa shape index (κ3) is 3.08. The van der Waals surface area contributed by atoms with E-state index >= 15 is 0 Å². The molecule has 0 atom stereocenters. The highest BCUT2D eigenvalue weighted by molar-refractivity contribution is 9.10. The van der Waals surface area contributed by atoms with Crippen LogP contribution in [0.2, 0.25) is 0 Å². The molecule has 6 nitrogen and oxygen atoms in total. The van der Waals surface area contributed by atoms with Gasteiger partial charge in [0.05, 0.1) is 10.2 Å². The summed E-state index contributed by atoms with van der Waals surface area (Å²) in [5.41, 5.74) is -0.957. The first-order valence-electron chi connectivity index (χ1n) is 7.14. The van der Waals surface area contributed by atoms with Crippen LogP contribution in [0.5, 0.6) is 0 Å². The van der Waals surface area contributed by atoms with Crippen LogP contribution in [0.1, 0.15) is 18.5 Å². The number of rotatable bonds is 4. The Bertz CT molecular complexity index is 753. The molecule has 1 N–H and O–H groups in total. The third-order valence-corrected chi connectivity index (χ3v) is 4.43. The third-order valence-electron chi connectivity index (χ3n) is 4.03. The highest BCUT2D eigenvalue weighted by atomic mass is 79.9. The Kier molecular flexibility index (Phi) is 4.44. The van der Waals surface area contributed by atoms with Crippen LogP contribution >= 0.6 is 15.9 Å². The Morgan fingerprint density at radius 1 is 1.38 bits per heavy atom. The summed E-state index contributed by atoms with van der Waals surface area (Å²) in [7, 11) is 0. The van der Waals surface area contributed by atoms with E-state index in [4.69, 9.17) is 0 Å². The molecule has 0 saturated heterocycles. The van der Waals surface area contributed by atoms with Gasteiger partial charge in [0, 0.05) is 30.6 Å². The Labute approximate surface area is 144 Å². The number of pyridine rings is 1. The molecule has 2 heterocycles. The van der Waals surface area contributed by atoms with E-state index in [1.54, 1.807) is 0 Å². The minimum Gasteiger partial charge on any atom is -0.465 e. The number of alkyl halides is 1. The molecule has 3 rings (SSSR count). The lowest BCUT2D eigenvalue weighted by Crippen LogP contribution is -2.53. The first kappa shape index (κ1) is 16.7. The minimum atomic E-state index is -1.30. The van der Waals surface area contributed by atoms with Crippen LogP contribution in [0.4, 0.5) is 19.5 Å². The zero-order valence-corrected chi connectivity index (χ0v) is 13.9. The maximum absolute atomic E-state index is 14.2. The van der Waals surface area contributed by atoms with Gasteiger partial charge >= 0.3 is 6.09 Å². The van der Waals surface area contributed by atoms with Crippen molar-refractivity contribution < 1.29 is 18.7 Å². The zero-order chi connectivity index (χ0) is 17.3. The van der Waals surface area contributed by atoms with Gasteiger partial charge in [-0.05, 0) is 40.9 Å². The second-order valence-corrected chi connectivity index (χ2v) is 6.61. The molecule has 9 heteroatoms. The van der Waals surface area contributed by atoms with Crippen molar-refractivity contribution in [2.24, 2.45) is 0 Å². The lowest BCUT2D eigenvalue weighted by atomic mass is 9.64. The molecule has 1 aliphatic carbocycles. The van der Waals surface area contributed by atoms with Crippen molar-refractivity contribution in [3.05, 3.63) is 46.7 Å². The topological polar surface area (TPSA) is 79.2 Å². The quantitative estimate of drug-likeness (QED) is 0.854. The highest BCUT2D eigenvalue weighted by Gasteiger charge is 2.50. The summed E-state index contributed by atoms with van der Waals surface area (Å²) in [6.07, 6.45) is 1.81. The molecule has 0 aromatic carbocycles. The summed E-state index contributed by atoms with van der Waals surface area (Å²) >= 11 is 3.17. The molecule has 0 radical (unpaired) electrons. The normalized spacial score (nSPS) is 22.7. The van der Waals surface area contributed by atoms with Crippen molar-refractivity contribution in [2.45, 2.75) is 24.4 Å². The minimum absolute atomic E-state index is 0.00123. The lowest BCUT2D eigenvalue weighted by Gasteiger charge is -2.45. The van der Waals surface area contributed by atoms with Crippen molar-refractivity contribution in [1.82, 2.24) is 15.0 Å². The van der Waals surface area contributed by atoms with E-state index in [0.717, 1.165) is 4.90 Å². The predicted octanol–water partition coefficient (Wildman–Crippen LogP) is 3.33. The van der Waals surface area contributed by atoms with Gasteiger partial charge in [-0.1, -0.05) is 0 Å². The van der Waals surface area contributed by atoms with E-state index in [1.807, 2.05) is 0 Å². The maximum atomic E-state index is 14.2. The molecule has 2 aromatic heterocycles. The van der Waals surface area contributed by atoms with E-state index in [-0.39, 0.29) is 31.0 Å². The second-order valence-electron chi connectivity index (χ2n) is 5.69. The van der Waals surface area contributed by atoms with Gasteiger partial charge in [-0.2, -0.15) is 0 Å². The molecule has 0 aliphatic heterocycles. The molecule has 0 unspecified atom stereocenters. The molecule has 0 bridgehead atoms. The standard InChI is InChI=1S/C15H13BrF2N4O2/c16-9-6-20-13(21-7-9)22(14(23)24)8-15(4-10(17)5-15)12-11(18)2-1-3-19-12/h1-3,6-7,10H,4-5,8H2,(H,23,24). The van der Waals surface area contributed by atoms with Gasteiger partial charge in [-0.15, -0.1) is 0 Å². The number of carbonyl (C=O) groups is 1. The number of hydrogen-bond donors (Lipinski definition) is 1. The molecule has 0 spiro atoms. The number of aromatic nitrogens is 3. The Balaban J connectivity index is 1.96. The molecule has 1 saturated carbocycles. The van der Waals surface area contributed by atoms with Gasteiger partial charge in [0.1, 0.15) is 12.0 Å². The van der Waals surface area contributed by atoms with Crippen LogP contribution in [0, 0.1) is 5.82 Å². The van der Waals surface area contributed by atoms with Crippen molar-refractivity contribution in [1.29, 1.82) is 0 Å². The molecular weight excluding hydrogens is 386 g/mol. The lowest BCUT2D eigenvalue weighted by molar-refractivity contribution is 0.0900. The van der Waals surface area contributed by atoms with Crippen LogP contribution < -0.4 is 4.90 Å². The first-order valence-corrected chi connectivity index (χ1v) is 7.94. The van der Waals surface area contributed by atoms with Gasteiger partial charge < -0.3 is 5.11 Å². The van der Waals surface area contributed by atoms with Gasteiger partial charge in [-0.25, -0.2) is 28.4 Å². The number of halogens is 3. The van der Waals surface area contributed by atoms with Crippen molar-refractivity contribution in [2.75, 3.05) is 11.4 Å². The summed E-state index contributed by atoms with van der Waals surface area (Å²) in [6, 6.07) is 2.67. The van der Waals surface area contributed by atoms with Gasteiger partial charge in [0.2, 0.25) is 5.95 Å². The van der Waals surface area contributed by atoms with Gasteiger partial charge in [-0.3, -0.25) is 4.98 Å². The Morgan fingerprint density at radius 3 is 2.58 bits per heavy atom. The first-order chi connectivity index (χ1) is 11.4. The smallest absolute Gasteiger partial charge is 0.414 e. The molecule has 126 valence electrons. The highest BCUT2D eigenvalue weighted by Crippen LogP contribution is 2.46. The zero-order valence-electron chi connectivity index (χ0n) is 12.4. The number of nitrogens with zero attached hydrogens (tertiary/aromatic N) is 4. The van der Waals surface area contributed by atoms with Crippen molar-refractivity contribution >= 4 is 28.0 Å². The SMILES string of the molecule is O=C(O)N(CC1(c2ncccc2F)CC(F)C1)c1ncc(Br)cn1. The molecule has 1 amide bonds. The Hall–Kier alpha value is -2.16. The maximum Gasteiger partial charge on any atom is 0.414 e. The molecule has 1 aliphatic rings. The average Bonchev–Trinajstić information content (AvgIpc) is 2.51. The summed E-state index contributed by atoms with van der Waals surface area (Å²) in [5, 5.41) is 9.49. The van der Waals surface area contributed by atoms with E-state index in [1.165, 1.54) is 30.7 Å². The van der Waals surface area contributed by atoms with Crippen LogP contribution in [0.15, 0.2) is 35.2 Å². The van der Waals surface area contributed by atoms with Gasteiger partial charge in [0.15, 0.2) is 0 Å². The summed E-state index contributed by atoms with van der Waals surface area (Å²) in [6.45, 7) is -0.168. The van der Waals surface area contributed by atoms with Crippen molar-refractivity contribution in [3.63, 3.8) is 0 Å². The molecular formula is C15H13BrF2N4O2. The monoisotopic (exact) mass is 398 g/mol. The Morgan fingerprint density at radius 2 is 2.04 bits per heavy atom. The van der Waals surface area contributed by atoms with Crippen LogP contribution in [-0.2, 0) is 5.41 Å². The largest absolute Gasteiger partial charge is 0.465 e. The van der Waals surface area contributed by atoms with Crippen molar-refractivity contribution in [3.8, 4) is 0 Å². The van der Waals surface area contributed by atoms with E-state index in [2.05, 4.69) is 30.9 Å². The van der Waals surface area contributed by atoms with Crippen LogP contribution in [0.3, 0.4) is 0 Å². The fraction of sp³-hybridized carbons (Fsp3) is 0.333. The summed E-state index contributed by atoms with van der Waals surface area (Å²) < 4.78 is 28.3. The van der Waals surface area contributed by atoms with E-state index in [9.17, 15) is 18.7 Å². The number of hydrogen-bond acceptors (Lipinski definition) is 4. The van der Waals surface area contributed by atoms with Crippen LogP contribution in [-0.4, -0.2) is 38.9 Å². The predicted molar refractivity (Wildman–Crippen MR) is 85.1 cm³/mol.